The number of ether oxygens (including phenoxy) is 1. The Labute approximate surface area is 98.1 Å². The van der Waals surface area contributed by atoms with E-state index in [1.165, 1.54) is 0 Å². The topological polar surface area (TPSA) is 50.1 Å². The highest BCUT2D eigenvalue weighted by Crippen LogP contribution is 2.20. The van der Waals surface area contributed by atoms with Gasteiger partial charge in [-0.15, -0.1) is 0 Å². The van der Waals surface area contributed by atoms with Crippen molar-refractivity contribution in [2.75, 3.05) is 6.61 Å². The van der Waals surface area contributed by atoms with E-state index in [1.54, 1.807) is 6.92 Å². The van der Waals surface area contributed by atoms with Crippen molar-refractivity contribution in [2.45, 2.75) is 47.0 Å². The van der Waals surface area contributed by atoms with Crippen LogP contribution in [0.4, 0.5) is 0 Å². The van der Waals surface area contributed by atoms with Crippen LogP contribution in [0.15, 0.2) is 11.1 Å². The second-order valence-corrected chi connectivity index (χ2v) is 4.16. The number of rotatable bonds is 6. The summed E-state index contributed by atoms with van der Waals surface area (Å²) in [5.41, 5.74) is 1.14. The second kappa shape index (κ2) is 7.92. The maximum Gasteiger partial charge on any atom is 0.348 e. The largest absolute Gasteiger partial charge is 0.462 e. The molecule has 0 aliphatic carbocycles. The van der Waals surface area contributed by atoms with E-state index in [1.807, 2.05) is 13.0 Å². The highest BCUT2D eigenvalue weighted by Gasteiger charge is 2.16. The van der Waals surface area contributed by atoms with Gasteiger partial charge in [0.25, 0.3) is 0 Å². The summed E-state index contributed by atoms with van der Waals surface area (Å²) >= 11 is 0. The maximum absolute atomic E-state index is 11.6. The van der Waals surface area contributed by atoms with Gasteiger partial charge in [-0.25, -0.2) is 4.79 Å². The van der Waals surface area contributed by atoms with Crippen LogP contribution in [0, 0.1) is 17.2 Å². The summed E-state index contributed by atoms with van der Waals surface area (Å²) in [4.78, 5) is 11.6. The first-order chi connectivity index (χ1) is 7.56. The molecule has 3 heteroatoms. The molecule has 0 aromatic carbocycles. The molecule has 0 unspecified atom stereocenters. The molecular formula is C13H21NO2. The zero-order valence-corrected chi connectivity index (χ0v) is 10.7. The molecule has 0 N–H and O–H groups in total. The van der Waals surface area contributed by atoms with Gasteiger partial charge in [-0.05, 0) is 31.3 Å². The molecule has 0 saturated heterocycles. The first-order valence-corrected chi connectivity index (χ1v) is 5.85. The van der Waals surface area contributed by atoms with Crippen LogP contribution in [0.1, 0.15) is 47.0 Å². The van der Waals surface area contributed by atoms with Gasteiger partial charge in [-0.3, -0.25) is 0 Å². The molecule has 0 fully saturated rings. The summed E-state index contributed by atoms with van der Waals surface area (Å²) in [5.74, 6) is -0.0339. The highest BCUT2D eigenvalue weighted by atomic mass is 16.5. The Kier molecular flexibility index (Phi) is 7.28. The second-order valence-electron chi connectivity index (χ2n) is 4.16. The van der Waals surface area contributed by atoms with Crippen LogP contribution < -0.4 is 0 Å². The molecular weight excluding hydrogens is 202 g/mol. The predicted octanol–water partition coefficient (Wildman–Crippen LogP) is 3.22. The van der Waals surface area contributed by atoms with E-state index in [0.29, 0.717) is 12.5 Å². The summed E-state index contributed by atoms with van der Waals surface area (Å²) in [5, 5.41) is 9.02. The molecule has 90 valence electrons. The molecule has 0 heterocycles. The predicted molar refractivity (Wildman–Crippen MR) is 63.6 cm³/mol. The van der Waals surface area contributed by atoms with Gasteiger partial charge in [0.1, 0.15) is 11.6 Å². The van der Waals surface area contributed by atoms with E-state index in [4.69, 9.17) is 10.00 Å². The molecule has 0 rings (SSSR count). The number of esters is 1. The lowest BCUT2D eigenvalue weighted by Gasteiger charge is -2.11. The van der Waals surface area contributed by atoms with Crippen LogP contribution >= 0.6 is 0 Å². The summed E-state index contributed by atoms with van der Waals surface area (Å²) < 4.78 is 4.88. The number of hydrogen-bond donors (Lipinski definition) is 0. The molecule has 16 heavy (non-hydrogen) atoms. The number of carbonyl (C=O) groups excluding carboxylic acids is 1. The molecule has 0 aliphatic heterocycles. The molecule has 0 spiro atoms. The van der Waals surface area contributed by atoms with Crippen LogP contribution in [-0.4, -0.2) is 12.6 Å². The Morgan fingerprint density at radius 1 is 1.38 bits per heavy atom. The minimum atomic E-state index is -0.478. The molecule has 0 amide bonds. The van der Waals surface area contributed by atoms with Gasteiger partial charge in [-0.1, -0.05) is 27.2 Å². The highest BCUT2D eigenvalue weighted by molar-refractivity contribution is 5.93. The van der Waals surface area contributed by atoms with Gasteiger partial charge in [0.05, 0.1) is 6.61 Å². The van der Waals surface area contributed by atoms with Gasteiger partial charge in [0, 0.05) is 0 Å². The number of nitriles is 1. The normalized spacial score (nSPS) is 12.0. The fraction of sp³-hybridized carbons (Fsp3) is 0.692. The fourth-order valence-electron chi connectivity index (χ4n) is 1.60. The minimum absolute atomic E-state index is 0.206. The molecule has 3 nitrogen and oxygen atoms in total. The summed E-state index contributed by atoms with van der Waals surface area (Å²) in [6.07, 6.45) is 2.52. The van der Waals surface area contributed by atoms with Crippen LogP contribution in [0.2, 0.25) is 0 Å². The summed E-state index contributed by atoms with van der Waals surface area (Å²) in [6, 6.07) is 1.98. The molecule has 0 aliphatic rings. The maximum atomic E-state index is 11.6. The lowest BCUT2D eigenvalue weighted by Crippen LogP contribution is -2.10. The third-order valence-electron chi connectivity index (χ3n) is 2.15. The average molecular weight is 223 g/mol. The Hall–Kier alpha value is -1.30. The number of hydrogen-bond acceptors (Lipinski definition) is 3. The van der Waals surface area contributed by atoms with E-state index in [0.717, 1.165) is 24.8 Å². The fourth-order valence-corrected chi connectivity index (χ4v) is 1.60. The van der Waals surface area contributed by atoms with E-state index >= 15 is 0 Å². The van der Waals surface area contributed by atoms with E-state index in [-0.39, 0.29) is 5.57 Å². The molecule has 0 radical (unpaired) electrons. The summed E-state index contributed by atoms with van der Waals surface area (Å²) in [6.45, 7) is 8.26. The van der Waals surface area contributed by atoms with Crippen LogP contribution in [-0.2, 0) is 9.53 Å². The van der Waals surface area contributed by atoms with Crippen LogP contribution in [0.3, 0.4) is 0 Å². The lowest BCUT2D eigenvalue weighted by atomic mass is 9.95. The van der Waals surface area contributed by atoms with Gasteiger partial charge in [0.15, 0.2) is 0 Å². The van der Waals surface area contributed by atoms with Gasteiger partial charge >= 0.3 is 5.97 Å². The zero-order valence-electron chi connectivity index (χ0n) is 10.7. The monoisotopic (exact) mass is 223 g/mol. The molecule has 0 atom stereocenters. The first kappa shape index (κ1) is 14.7. The van der Waals surface area contributed by atoms with Gasteiger partial charge in [-0.2, -0.15) is 5.26 Å². The van der Waals surface area contributed by atoms with Crippen molar-refractivity contribution in [1.82, 2.24) is 0 Å². The lowest BCUT2D eigenvalue weighted by molar-refractivity contribution is -0.138. The van der Waals surface area contributed by atoms with E-state index in [9.17, 15) is 4.79 Å². The van der Waals surface area contributed by atoms with Crippen molar-refractivity contribution in [3.8, 4) is 6.07 Å². The van der Waals surface area contributed by atoms with Gasteiger partial charge < -0.3 is 4.74 Å². The molecule has 0 aromatic heterocycles. The SMILES string of the molecule is CCC/C(CC(C)C)=C(\C#N)C(=O)OCC. The number of nitrogens with zero attached hydrogens (tertiary/aromatic N) is 1. The third-order valence-corrected chi connectivity index (χ3v) is 2.15. The van der Waals surface area contributed by atoms with E-state index in [2.05, 4.69) is 13.8 Å². The van der Waals surface area contributed by atoms with Gasteiger partial charge in [0.2, 0.25) is 0 Å². The molecule has 0 bridgehead atoms. The van der Waals surface area contributed by atoms with Crippen molar-refractivity contribution >= 4 is 5.97 Å². The van der Waals surface area contributed by atoms with Crippen molar-refractivity contribution in [3.05, 3.63) is 11.1 Å². The Morgan fingerprint density at radius 2 is 2.00 bits per heavy atom. The van der Waals surface area contributed by atoms with Crippen LogP contribution in [0.25, 0.3) is 0 Å². The standard InChI is InChI=1S/C13H21NO2/c1-5-7-11(8-10(3)4)12(9-14)13(15)16-6-2/h10H,5-8H2,1-4H3/b12-11-. The van der Waals surface area contributed by atoms with Crippen molar-refractivity contribution in [2.24, 2.45) is 5.92 Å². The van der Waals surface area contributed by atoms with Crippen LogP contribution in [0.5, 0.6) is 0 Å². The van der Waals surface area contributed by atoms with E-state index < -0.39 is 5.97 Å². The molecule has 0 saturated carbocycles. The van der Waals surface area contributed by atoms with Crippen molar-refractivity contribution < 1.29 is 9.53 Å². The summed E-state index contributed by atoms with van der Waals surface area (Å²) in [7, 11) is 0. The smallest absolute Gasteiger partial charge is 0.348 e. The number of carbonyl (C=O) groups is 1. The van der Waals surface area contributed by atoms with Crippen molar-refractivity contribution in [3.63, 3.8) is 0 Å². The molecule has 0 aromatic rings. The number of allylic oxidation sites excluding steroid dienone is 1. The Morgan fingerprint density at radius 3 is 2.38 bits per heavy atom. The average Bonchev–Trinajstić information content (AvgIpc) is 2.18. The first-order valence-electron chi connectivity index (χ1n) is 5.85. The Bertz CT molecular complexity index is 298. The zero-order chi connectivity index (χ0) is 12.6. The Balaban J connectivity index is 5.00. The quantitative estimate of drug-likeness (QED) is 0.394. The van der Waals surface area contributed by atoms with Crippen molar-refractivity contribution in [1.29, 1.82) is 5.26 Å². The minimum Gasteiger partial charge on any atom is -0.462 e. The third kappa shape index (κ3) is 4.97.